The summed E-state index contributed by atoms with van der Waals surface area (Å²) < 4.78 is 1.90. The first-order chi connectivity index (χ1) is 11.8. The molecule has 0 aliphatic heterocycles. The highest BCUT2D eigenvalue weighted by Crippen LogP contribution is 2.13. The minimum Gasteiger partial charge on any atom is -0.367 e. The molecule has 1 aromatic rings. The third kappa shape index (κ3) is 9.80. The Morgan fingerprint density at radius 1 is 0.960 bits per heavy atom. The lowest BCUT2D eigenvalue weighted by molar-refractivity contribution is 0.290. The first-order valence-corrected chi connectivity index (χ1v) is 9.86. The number of rotatable bonds is 13. The van der Waals surface area contributed by atoms with Crippen molar-refractivity contribution in [3.63, 3.8) is 0 Å². The van der Waals surface area contributed by atoms with Gasteiger partial charge in [0.2, 0.25) is 0 Å². The van der Waals surface area contributed by atoms with Gasteiger partial charge in [0.05, 0.1) is 11.7 Å². The predicted molar refractivity (Wildman–Crippen MR) is 107 cm³/mol. The molecule has 0 amide bonds. The Kier molecular flexibility index (Phi) is 10.0. The molecule has 146 valence electrons. The zero-order chi connectivity index (χ0) is 18.7. The van der Waals surface area contributed by atoms with Crippen LogP contribution < -0.4 is 5.32 Å². The molecular formula is C19H40N6. The third-order valence-corrected chi connectivity index (χ3v) is 4.43. The minimum absolute atomic E-state index is 0.0161. The van der Waals surface area contributed by atoms with E-state index >= 15 is 0 Å². The summed E-state index contributed by atoms with van der Waals surface area (Å²) in [4.78, 5) is 4.89. The Labute approximate surface area is 155 Å². The summed E-state index contributed by atoms with van der Waals surface area (Å²) in [6.07, 6.45) is 8.27. The molecule has 0 aromatic carbocycles. The van der Waals surface area contributed by atoms with E-state index in [1.807, 2.05) is 10.9 Å². The van der Waals surface area contributed by atoms with Gasteiger partial charge in [0.25, 0.3) is 0 Å². The van der Waals surface area contributed by atoms with Crippen molar-refractivity contribution in [2.24, 2.45) is 0 Å². The Hall–Kier alpha value is -1.14. The van der Waals surface area contributed by atoms with Crippen LogP contribution in [0, 0.1) is 0 Å². The van der Waals surface area contributed by atoms with E-state index in [2.05, 4.69) is 67.2 Å². The van der Waals surface area contributed by atoms with Gasteiger partial charge in [-0.1, -0.05) is 18.6 Å². The van der Waals surface area contributed by atoms with Crippen molar-refractivity contribution in [1.29, 1.82) is 0 Å². The molecule has 25 heavy (non-hydrogen) atoms. The van der Waals surface area contributed by atoms with Crippen LogP contribution in [-0.2, 0) is 5.54 Å². The van der Waals surface area contributed by atoms with E-state index in [-0.39, 0.29) is 5.54 Å². The summed E-state index contributed by atoms with van der Waals surface area (Å²) in [5.41, 5.74) is -0.0161. The van der Waals surface area contributed by atoms with E-state index in [1.165, 1.54) is 45.3 Å². The number of nitrogens with one attached hydrogen (secondary N) is 1. The fourth-order valence-electron chi connectivity index (χ4n) is 2.65. The lowest BCUT2D eigenvalue weighted by Crippen LogP contribution is -2.25. The van der Waals surface area contributed by atoms with E-state index in [4.69, 9.17) is 0 Å². The lowest BCUT2D eigenvalue weighted by atomic mass is 10.1. The number of nitrogens with zero attached hydrogens (tertiary/aromatic N) is 5. The molecule has 0 radical (unpaired) electrons. The predicted octanol–water partition coefficient (Wildman–Crippen LogP) is 3.28. The highest BCUT2D eigenvalue weighted by Gasteiger charge is 2.14. The van der Waals surface area contributed by atoms with Crippen LogP contribution in [0.15, 0.2) is 6.20 Å². The van der Waals surface area contributed by atoms with E-state index in [0.717, 1.165) is 25.3 Å². The molecule has 0 aliphatic carbocycles. The van der Waals surface area contributed by atoms with Gasteiger partial charge in [0.15, 0.2) is 5.82 Å². The van der Waals surface area contributed by atoms with Crippen LogP contribution in [0.25, 0.3) is 0 Å². The van der Waals surface area contributed by atoms with E-state index in [9.17, 15) is 0 Å². The SMILES string of the molecule is CCCCN(C)CCCCN(C)CCCNc1cn(C(C)(C)C)nn1. The smallest absolute Gasteiger partial charge is 0.168 e. The molecule has 0 aliphatic rings. The third-order valence-electron chi connectivity index (χ3n) is 4.43. The van der Waals surface area contributed by atoms with Gasteiger partial charge in [-0.25, -0.2) is 4.68 Å². The van der Waals surface area contributed by atoms with Crippen LogP contribution in [0.1, 0.15) is 59.8 Å². The Morgan fingerprint density at radius 2 is 1.52 bits per heavy atom. The fraction of sp³-hybridized carbons (Fsp3) is 0.895. The van der Waals surface area contributed by atoms with E-state index in [1.54, 1.807) is 0 Å². The number of hydrogen-bond acceptors (Lipinski definition) is 5. The zero-order valence-electron chi connectivity index (χ0n) is 17.4. The fourth-order valence-corrected chi connectivity index (χ4v) is 2.65. The monoisotopic (exact) mass is 352 g/mol. The molecular weight excluding hydrogens is 312 g/mol. The maximum absolute atomic E-state index is 4.18. The van der Waals surface area contributed by atoms with Gasteiger partial charge >= 0.3 is 0 Å². The van der Waals surface area contributed by atoms with Crippen molar-refractivity contribution < 1.29 is 0 Å². The van der Waals surface area contributed by atoms with Crippen molar-refractivity contribution in [2.45, 2.75) is 65.3 Å². The maximum atomic E-state index is 4.18. The lowest BCUT2D eigenvalue weighted by Gasteiger charge is -2.19. The van der Waals surface area contributed by atoms with Crippen LogP contribution in [0.2, 0.25) is 0 Å². The molecule has 0 bridgehead atoms. The number of unbranched alkanes of at least 4 members (excludes halogenated alkanes) is 2. The number of anilines is 1. The molecule has 0 saturated carbocycles. The number of aromatic nitrogens is 3. The van der Waals surface area contributed by atoms with Crippen LogP contribution in [0.4, 0.5) is 5.82 Å². The molecule has 1 rings (SSSR count). The quantitative estimate of drug-likeness (QED) is 0.552. The van der Waals surface area contributed by atoms with Gasteiger partial charge in [-0.15, -0.1) is 5.10 Å². The van der Waals surface area contributed by atoms with E-state index < -0.39 is 0 Å². The summed E-state index contributed by atoms with van der Waals surface area (Å²) in [7, 11) is 4.46. The Morgan fingerprint density at radius 3 is 2.04 bits per heavy atom. The average molecular weight is 353 g/mol. The first-order valence-electron chi connectivity index (χ1n) is 9.86. The van der Waals surface area contributed by atoms with Crippen LogP contribution in [0.3, 0.4) is 0 Å². The van der Waals surface area contributed by atoms with Gasteiger partial charge in [0.1, 0.15) is 0 Å². The minimum atomic E-state index is -0.0161. The van der Waals surface area contributed by atoms with Crippen LogP contribution in [0.5, 0.6) is 0 Å². The topological polar surface area (TPSA) is 49.2 Å². The molecule has 0 atom stereocenters. The molecule has 1 N–H and O–H groups in total. The largest absolute Gasteiger partial charge is 0.367 e. The van der Waals surface area contributed by atoms with Crippen molar-refractivity contribution in [2.75, 3.05) is 52.1 Å². The second-order valence-electron chi connectivity index (χ2n) is 8.17. The second kappa shape index (κ2) is 11.5. The van der Waals surface area contributed by atoms with E-state index in [0.29, 0.717) is 0 Å². The molecule has 1 aromatic heterocycles. The number of hydrogen-bond donors (Lipinski definition) is 1. The molecule has 1 heterocycles. The Bertz CT molecular complexity index is 451. The van der Waals surface area contributed by atoms with Crippen molar-refractivity contribution >= 4 is 5.82 Å². The average Bonchev–Trinajstić information content (AvgIpc) is 3.03. The van der Waals surface area contributed by atoms with Gasteiger partial charge in [0, 0.05) is 6.54 Å². The van der Waals surface area contributed by atoms with Crippen molar-refractivity contribution in [1.82, 2.24) is 24.8 Å². The summed E-state index contributed by atoms with van der Waals surface area (Å²) in [6, 6.07) is 0. The molecule has 6 heteroatoms. The van der Waals surface area contributed by atoms with Gasteiger partial charge in [-0.05, 0) is 86.7 Å². The summed E-state index contributed by atoms with van der Waals surface area (Å²) in [5, 5.41) is 11.7. The zero-order valence-corrected chi connectivity index (χ0v) is 17.4. The van der Waals surface area contributed by atoms with Gasteiger partial charge in [-0.2, -0.15) is 0 Å². The van der Waals surface area contributed by atoms with Crippen LogP contribution in [-0.4, -0.2) is 71.6 Å². The van der Waals surface area contributed by atoms with Crippen LogP contribution >= 0.6 is 0 Å². The highest BCUT2D eigenvalue weighted by atomic mass is 15.5. The molecule has 6 nitrogen and oxygen atoms in total. The Balaban J connectivity index is 2.05. The molecule has 0 spiro atoms. The van der Waals surface area contributed by atoms with Gasteiger partial charge in [-0.3, -0.25) is 0 Å². The van der Waals surface area contributed by atoms with Gasteiger partial charge < -0.3 is 15.1 Å². The normalized spacial score (nSPS) is 12.3. The maximum Gasteiger partial charge on any atom is 0.168 e. The standard InChI is InChI=1S/C19H40N6/c1-7-8-13-23(5)14-9-10-15-24(6)16-11-12-20-18-17-25(22-21-18)19(2,3)4/h17,20H,7-16H2,1-6H3. The van der Waals surface area contributed by atoms with Crippen molar-refractivity contribution in [3.8, 4) is 0 Å². The first kappa shape index (κ1) is 21.9. The molecule has 0 unspecified atom stereocenters. The molecule has 0 saturated heterocycles. The molecule has 0 fully saturated rings. The summed E-state index contributed by atoms with van der Waals surface area (Å²) >= 11 is 0. The summed E-state index contributed by atoms with van der Waals surface area (Å²) in [6.45, 7) is 14.3. The highest BCUT2D eigenvalue weighted by molar-refractivity contribution is 5.29. The summed E-state index contributed by atoms with van der Waals surface area (Å²) in [5.74, 6) is 0.868. The second-order valence-corrected chi connectivity index (χ2v) is 8.17. The van der Waals surface area contributed by atoms with Crippen molar-refractivity contribution in [3.05, 3.63) is 6.20 Å².